The number of hydrogen-bond acceptors (Lipinski definition) is 4. The molecule has 186 valence electrons. The number of thiazole rings is 1. The lowest BCUT2D eigenvalue weighted by Gasteiger charge is -2.51. The summed E-state index contributed by atoms with van der Waals surface area (Å²) in [5, 5.41) is 9.05. The third-order valence-electron chi connectivity index (χ3n) is 8.30. The third kappa shape index (κ3) is 3.02. The van der Waals surface area contributed by atoms with Crippen LogP contribution in [-0.2, 0) is 10.3 Å². The van der Waals surface area contributed by atoms with Gasteiger partial charge >= 0.3 is 0 Å². The number of carbonyl (C=O) groups is 1. The van der Waals surface area contributed by atoms with Gasteiger partial charge in [0.1, 0.15) is 5.82 Å². The SMILES string of the molecule is CC1(C(=O)Nc2nc(-c3ccc(F)c4ccccc34)cs2)CC2([NH+]=O)c3ccccc3C1c1ccccc12. The maximum atomic E-state index is 14.4. The number of rotatable bonds is 4. The largest absolute Gasteiger partial charge is 0.301 e. The summed E-state index contributed by atoms with van der Waals surface area (Å²) in [6, 6.07) is 26.3. The normalized spacial score (nSPS) is 23.1. The molecule has 38 heavy (non-hydrogen) atoms. The molecule has 0 saturated heterocycles. The smallest absolute Gasteiger partial charge is 0.259 e. The highest BCUT2D eigenvalue weighted by atomic mass is 32.1. The van der Waals surface area contributed by atoms with E-state index >= 15 is 0 Å². The van der Waals surface area contributed by atoms with Crippen molar-refractivity contribution in [3.63, 3.8) is 0 Å². The second-order valence-electron chi connectivity index (χ2n) is 10.3. The Bertz CT molecular complexity index is 1730. The van der Waals surface area contributed by atoms with Crippen LogP contribution in [0, 0.1) is 16.1 Å². The Balaban J connectivity index is 1.28. The Morgan fingerprint density at radius 1 is 0.947 bits per heavy atom. The van der Waals surface area contributed by atoms with E-state index in [1.54, 1.807) is 18.2 Å². The fraction of sp³-hybridized carbons (Fsp3) is 0.161. The van der Waals surface area contributed by atoms with Gasteiger partial charge in [-0.1, -0.05) is 72.8 Å². The molecule has 0 radical (unpaired) electrons. The summed E-state index contributed by atoms with van der Waals surface area (Å²) in [6.45, 7) is 1.94. The first-order chi connectivity index (χ1) is 18.5. The number of amides is 1. The summed E-state index contributed by atoms with van der Waals surface area (Å²) in [6.07, 6.45) is 0.328. The second-order valence-corrected chi connectivity index (χ2v) is 11.2. The van der Waals surface area contributed by atoms with Crippen molar-refractivity contribution < 1.29 is 14.4 Å². The van der Waals surface area contributed by atoms with Crippen LogP contribution >= 0.6 is 11.3 Å². The molecule has 0 spiro atoms. The topological polar surface area (TPSA) is 73.0 Å². The Kier molecular flexibility index (Phi) is 4.91. The summed E-state index contributed by atoms with van der Waals surface area (Å²) >= 11 is 1.33. The Labute approximate surface area is 222 Å². The molecule has 1 heterocycles. The van der Waals surface area contributed by atoms with E-state index < -0.39 is 11.0 Å². The first kappa shape index (κ1) is 22.9. The molecule has 1 amide bonds. The standard InChI is InChI=1S/C31H22FN3O2S/c1-30(17-31(35-37)23-12-6-4-10-21(23)27(30)22-11-5-7-13-24(22)31)28(36)34-29-33-26(16-38-29)20-14-15-25(32)19-9-3-2-8-18(19)20/h2-16,27H,17H2,1H3,(H,33,34,36)/p+1. The van der Waals surface area contributed by atoms with Crippen LogP contribution in [0.5, 0.6) is 0 Å². The molecule has 4 aromatic carbocycles. The van der Waals surface area contributed by atoms with Gasteiger partial charge in [-0.25, -0.2) is 9.37 Å². The molecule has 5 nitrogen and oxygen atoms in total. The summed E-state index contributed by atoms with van der Waals surface area (Å²) in [5.41, 5.74) is 3.44. The summed E-state index contributed by atoms with van der Waals surface area (Å²) in [4.78, 5) is 31.5. The van der Waals surface area contributed by atoms with E-state index in [1.165, 1.54) is 17.4 Å². The number of benzene rings is 4. The number of nitrogens with one attached hydrogen (secondary N) is 2. The second kappa shape index (κ2) is 8.13. The number of anilines is 1. The van der Waals surface area contributed by atoms with E-state index in [0.717, 1.165) is 33.2 Å². The van der Waals surface area contributed by atoms with Crippen molar-refractivity contribution in [2.75, 3.05) is 5.32 Å². The predicted molar refractivity (Wildman–Crippen MR) is 146 cm³/mol. The molecule has 1 aromatic heterocycles. The van der Waals surface area contributed by atoms with E-state index in [9.17, 15) is 14.1 Å². The van der Waals surface area contributed by atoms with E-state index in [-0.39, 0.29) is 17.6 Å². The highest BCUT2D eigenvalue weighted by Gasteiger charge is 2.65. The van der Waals surface area contributed by atoms with Crippen molar-refractivity contribution in [3.05, 3.63) is 123 Å². The first-order valence-corrected chi connectivity index (χ1v) is 13.4. The molecule has 0 fully saturated rings. The van der Waals surface area contributed by atoms with Crippen molar-refractivity contribution in [2.45, 2.75) is 24.8 Å². The Morgan fingerprint density at radius 2 is 1.58 bits per heavy atom. The van der Waals surface area contributed by atoms with Gasteiger partial charge in [-0.3, -0.25) is 4.79 Å². The van der Waals surface area contributed by atoms with E-state index in [0.29, 0.717) is 22.6 Å². The summed E-state index contributed by atoms with van der Waals surface area (Å²) in [7, 11) is 0. The van der Waals surface area contributed by atoms with Crippen LogP contribution in [0.2, 0.25) is 0 Å². The Morgan fingerprint density at radius 3 is 2.26 bits per heavy atom. The molecule has 7 heteroatoms. The molecular formula is C31H23FN3O2S+. The number of fused-ring (bicyclic) bond motifs is 2. The van der Waals surface area contributed by atoms with Gasteiger partial charge in [-0.15, -0.1) is 11.3 Å². The fourth-order valence-corrected chi connectivity index (χ4v) is 7.36. The molecule has 3 aliphatic rings. The van der Waals surface area contributed by atoms with Crippen molar-refractivity contribution in [2.24, 2.45) is 5.41 Å². The average molecular weight is 521 g/mol. The van der Waals surface area contributed by atoms with Crippen molar-refractivity contribution in [1.82, 2.24) is 4.98 Å². The molecule has 1 atom stereocenters. The highest BCUT2D eigenvalue weighted by molar-refractivity contribution is 7.14. The third-order valence-corrected chi connectivity index (χ3v) is 9.05. The van der Waals surface area contributed by atoms with Crippen LogP contribution in [-0.4, -0.2) is 10.9 Å². The zero-order valence-corrected chi connectivity index (χ0v) is 21.3. The zero-order chi connectivity index (χ0) is 26.1. The maximum Gasteiger partial charge on any atom is 0.259 e. The van der Waals surface area contributed by atoms with Gasteiger partial charge < -0.3 is 5.32 Å². The number of halogens is 1. The van der Waals surface area contributed by atoms with Gasteiger partial charge in [0.05, 0.1) is 11.1 Å². The molecule has 3 aliphatic carbocycles. The number of carbonyl (C=O) groups excluding carboxylic acids is 1. The van der Waals surface area contributed by atoms with Crippen LogP contribution in [0.4, 0.5) is 9.52 Å². The minimum absolute atomic E-state index is 0.184. The first-order valence-electron chi connectivity index (χ1n) is 12.5. The highest BCUT2D eigenvalue weighted by Crippen LogP contribution is 2.61. The molecule has 0 aliphatic heterocycles. The van der Waals surface area contributed by atoms with Crippen molar-refractivity contribution in [1.29, 1.82) is 0 Å². The van der Waals surface area contributed by atoms with E-state index in [1.807, 2.05) is 73.0 Å². The lowest BCUT2D eigenvalue weighted by molar-refractivity contribution is -0.578. The molecule has 0 saturated carbocycles. The van der Waals surface area contributed by atoms with Crippen LogP contribution in [0.3, 0.4) is 0 Å². The molecular weight excluding hydrogens is 497 g/mol. The quantitative estimate of drug-likeness (QED) is 0.320. The predicted octanol–water partition coefficient (Wildman–Crippen LogP) is 5.69. The van der Waals surface area contributed by atoms with Crippen molar-refractivity contribution >= 4 is 33.1 Å². The zero-order valence-electron chi connectivity index (χ0n) is 20.5. The molecule has 5 aromatic rings. The number of nitrogens with zero attached hydrogens (tertiary/aromatic N) is 1. The average Bonchev–Trinajstić information content (AvgIpc) is 3.41. The molecule has 8 rings (SSSR count). The van der Waals surface area contributed by atoms with Crippen LogP contribution in [0.15, 0.2) is 90.3 Å². The number of nitroso groups, excluding NO2 is 1. The lowest BCUT2D eigenvalue weighted by atomic mass is 9.49. The molecule has 2 N–H and O–H groups in total. The van der Waals surface area contributed by atoms with Gasteiger partial charge in [0.25, 0.3) is 5.54 Å². The van der Waals surface area contributed by atoms with Gasteiger partial charge in [-0.05, 0) is 40.7 Å². The molecule has 1 unspecified atom stereocenters. The number of hydrogen-bond donors (Lipinski definition) is 2. The number of aromatic nitrogens is 1. The summed E-state index contributed by atoms with van der Waals surface area (Å²) < 4.78 is 14.4. The van der Waals surface area contributed by atoms with Gasteiger partial charge in [-0.2, -0.15) is 0 Å². The van der Waals surface area contributed by atoms with Gasteiger partial charge in [0, 0.05) is 44.7 Å². The van der Waals surface area contributed by atoms with Crippen LogP contribution in [0.25, 0.3) is 22.0 Å². The lowest BCUT2D eigenvalue weighted by Crippen LogP contribution is -2.84. The van der Waals surface area contributed by atoms with Crippen molar-refractivity contribution in [3.8, 4) is 11.3 Å². The van der Waals surface area contributed by atoms with Crippen LogP contribution < -0.4 is 10.5 Å². The maximum absolute atomic E-state index is 14.4. The van der Waals surface area contributed by atoms with Gasteiger partial charge in [0.2, 0.25) is 5.91 Å². The Hall–Kier alpha value is -4.23. The van der Waals surface area contributed by atoms with E-state index in [4.69, 9.17) is 4.98 Å². The minimum Gasteiger partial charge on any atom is -0.301 e. The fourth-order valence-electron chi connectivity index (χ4n) is 6.66. The van der Waals surface area contributed by atoms with Gasteiger partial charge in [0.15, 0.2) is 5.13 Å². The summed E-state index contributed by atoms with van der Waals surface area (Å²) in [5.74, 6) is -0.670. The van der Waals surface area contributed by atoms with E-state index in [2.05, 4.69) is 10.5 Å². The monoisotopic (exact) mass is 520 g/mol. The molecule has 2 bridgehead atoms. The van der Waals surface area contributed by atoms with Crippen LogP contribution in [0.1, 0.15) is 41.5 Å². The minimum atomic E-state index is -1.00.